The van der Waals surface area contributed by atoms with Gasteiger partial charge in [0.2, 0.25) is 5.91 Å². The van der Waals surface area contributed by atoms with Crippen LogP contribution in [0.5, 0.6) is 0 Å². The molecule has 144 valence electrons. The van der Waals surface area contributed by atoms with E-state index in [2.05, 4.69) is 10.6 Å². The van der Waals surface area contributed by atoms with Crippen molar-refractivity contribution in [2.75, 3.05) is 10.6 Å². The van der Waals surface area contributed by atoms with Gasteiger partial charge < -0.3 is 10.6 Å². The maximum Gasteiger partial charge on any atom is 0.289 e. The monoisotopic (exact) mass is 401 g/mol. The van der Waals surface area contributed by atoms with Crippen LogP contribution in [0.25, 0.3) is 0 Å². The fourth-order valence-corrected chi connectivity index (χ4v) is 2.38. The minimum Gasteiger partial charge on any atom is -0.323 e. The number of amides is 2. The highest BCUT2D eigenvalue weighted by Crippen LogP contribution is 2.27. The van der Waals surface area contributed by atoms with Gasteiger partial charge in [0.1, 0.15) is 5.02 Å². The van der Waals surface area contributed by atoms with Crippen LogP contribution in [0.1, 0.15) is 24.2 Å². The summed E-state index contributed by atoms with van der Waals surface area (Å²) in [5, 5.41) is 15.9. The van der Waals surface area contributed by atoms with Gasteiger partial charge in [0, 0.05) is 34.7 Å². The number of hydrogen-bond donors (Lipinski definition) is 2. The number of nitro benzene ring substituents is 1. The molecule has 0 bridgehead atoms. The van der Waals surface area contributed by atoms with E-state index in [9.17, 15) is 24.5 Å². The number of Topliss-reactive ketones (excluding diaryl/α,β-unsaturated/α-hetero) is 1. The van der Waals surface area contributed by atoms with E-state index in [4.69, 9.17) is 11.6 Å². The Morgan fingerprint density at radius 2 is 1.61 bits per heavy atom. The molecule has 0 saturated heterocycles. The van der Waals surface area contributed by atoms with Crippen LogP contribution >= 0.6 is 11.6 Å². The van der Waals surface area contributed by atoms with Gasteiger partial charge in [-0.15, -0.1) is 0 Å². The molecule has 9 heteroatoms. The second-order valence-corrected chi connectivity index (χ2v) is 6.23. The first-order valence-electron chi connectivity index (χ1n) is 8.03. The van der Waals surface area contributed by atoms with Gasteiger partial charge in [0.25, 0.3) is 11.6 Å². The van der Waals surface area contributed by atoms with Crippen LogP contribution in [0, 0.1) is 10.1 Å². The lowest BCUT2D eigenvalue weighted by Crippen LogP contribution is -2.16. The SMILES string of the molecule is CC(=O)c1ccc(NC(=O)/C=C(/C)C(=O)Nc2ccc(Cl)c([N+](=O)[O-])c2)cc1. The number of halogens is 1. The van der Waals surface area contributed by atoms with Crippen LogP contribution in [0.2, 0.25) is 5.02 Å². The van der Waals surface area contributed by atoms with Gasteiger partial charge >= 0.3 is 0 Å². The summed E-state index contributed by atoms with van der Waals surface area (Å²) in [7, 11) is 0. The molecule has 2 aromatic rings. The molecule has 0 aromatic heterocycles. The van der Waals surface area contributed by atoms with Crippen molar-refractivity contribution in [1.82, 2.24) is 0 Å². The average Bonchev–Trinajstić information content (AvgIpc) is 2.63. The third-order valence-corrected chi connectivity index (χ3v) is 3.99. The van der Waals surface area contributed by atoms with Gasteiger partial charge in [0.05, 0.1) is 4.92 Å². The lowest BCUT2D eigenvalue weighted by Gasteiger charge is -2.07. The molecule has 0 aliphatic rings. The molecule has 2 N–H and O–H groups in total. The molecule has 0 aliphatic heterocycles. The van der Waals surface area contributed by atoms with Gasteiger partial charge in [-0.3, -0.25) is 24.5 Å². The lowest BCUT2D eigenvalue weighted by atomic mass is 10.1. The Bertz CT molecular complexity index is 984. The molecular weight excluding hydrogens is 386 g/mol. The highest BCUT2D eigenvalue weighted by atomic mass is 35.5. The van der Waals surface area contributed by atoms with Crippen molar-refractivity contribution in [2.45, 2.75) is 13.8 Å². The molecular formula is C19H16ClN3O5. The summed E-state index contributed by atoms with van der Waals surface area (Å²) < 4.78 is 0. The fraction of sp³-hybridized carbons (Fsp3) is 0.105. The van der Waals surface area contributed by atoms with E-state index in [0.29, 0.717) is 11.3 Å². The largest absolute Gasteiger partial charge is 0.323 e. The van der Waals surface area contributed by atoms with Crippen LogP contribution in [0.15, 0.2) is 54.1 Å². The van der Waals surface area contributed by atoms with Crippen molar-refractivity contribution in [1.29, 1.82) is 0 Å². The zero-order valence-corrected chi connectivity index (χ0v) is 15.7. The third-order valence-electron chi connectivity index (χ3n) is 3.67. The number of nitrogens with one attached hydrogen (secondary N) is 2. The molecule has 28 heavy (non-hydrogen) atoms. The number of rotatable bonds is 6. The summed E-state index contributed by atoms with van der Waals surface area (Å²) >= 11 is 5.73. The number of benzene rings is 2. The molecule has 0 atom stereocenters. The van der Waals surface area contributed by atoms with Crippen molar-refractivity contribution in [3.8, 4) is 0 Å². The van der Waals surface area contributed by atoms with Gasteiger partial charge in [-0.05, 0) is 50.2 Å². The van der Waals surface area contributed by atoms with Crippen molar-refractivity contribution in [2.24, 2.45) is 0 Å². The second kappa shape index (κ2) is 8.92. The molecule has 0 spiro atoms. The molecule has 0 unspecified atom stereocenters. The fourth-order valence-electron chi connectivity index (χ4n) is 2.19. The minimum absolute atomic E-state index is 0.0505. The normalized spacial score (nSPS) is 10.9. The van der Waals surface area contributed by atoms with Crippen LogP contribution in [0.4, 0.5) is 17.1 Å². The standard InChI is InChI=1S/C19H16ClN3O5/c1-11(9-18(25)21-14-5-3-13(4-6-14)12(2)24)19(26)22-15-7-8-16(20)17(10-15)23(27)28/h3-10H,1-2H3,(H,21,25)(H,22,26)/b11-9-. The van der Waals surface area contributed by atoms with E-state index in [0.717, 1.165) is 12.1 Å². The molecule has 2 rings (SSSR count). The number of hydrogen-bond acceptors (Lipinski definition) is 5. The van der Waals surface area contributed by atoms with Crippen molar-refractivity contribution in [3.63, 3.8) is 0 Å². The van der Waals surface area contributed by atoms with Gasteiger partial charge in [-0.25, -0.2) is 0 Å². The van der Waals surface area contributed by atoms with Crippen molar-refractivity contribution >= 4 is 46.3 Å². The molecule has 0 aliphatic carbocycles. The second-order valence-electron chi connectivity index (χ2n) is 5.83. The van der Waals surface area contributed by atoms with E-state index in [1.807, 2.05) is 0 Å². The summed E-state index contributed by atoms with van der Waals surface area (Å²) in [6, 6.07) is 10.1. The summed E-state index contributed by atoms with van der Waals surface area (Å²) in [5.41, 5.74) is 0.909. The quantitative estimate of drug-likeness (QED) is 0.328. The average molecular weight is 402 g/mol. The number of nitrogens with zero attached hydrogens (tertiary/aromatic N) is 1. The molecule has 2 aromatic carbocycles. The highest BCUT2D eigenvalue weighted by Gasteiger charge is 2.15. The Hall–Kier alpha value is -3.52. The Kier molecular flexibility index (Phi) is 6.62. The zero-order chi connectivity index (χ0) is 20.8. The number of nitro groups is 1. The van der Waals surface area contributed by atoms with E-state index < -0.39 is 16.7 Å². The molecule has 0 fully saturated rings. The predicted molar refractivity (Wildman–Crippen MR) is 106 cm³/mol. The van der Waals surface area contributed by atoms with Crippen LogP contribution in [-0.4, -0.2) is 22.5 Å². The zero-order valence-electron chi connectivity index (χ0n) is 15.0. The summed E-state index contributed by atoms with van der Waals surface area (Å²) in [6.07, 6.45) is 1.10. The first-order valence-corrected chi connectivity index (χ1v) is 8.40. The number of anilines is 2. The summed E-state index contributed by atoms with van der Waals surface area (Å²) in [5.74, 6) is -1.23. The number of carbonyl (C=O) groups is 3. The topological polar surface area (TPSA) is 118 Å². The first kappa shape index (κ1) is 20.8. The van der Waals surface area contributed by atoms with Gasteiger partial charge in [-0.2, -0.15) is 0 Å². The summed E-state index contributed by atoms with van der Waals surface area (Å²) in [4.78, 5) is 45.7. The summed E-state index contributed by atoms with van der Waals surface area (Å²) in [6.45, 7) is 2.87. The Balaban J connectivity index is 2.04. The number of carbonyl (C=O) groups excluding carboxylic acids is 3. The van der Waals surface area contributed by atoms with Crippen LogP contribution < -0.4 is 10.6 Å². The maximum absolute atomic E-state index is 12.2. The van der Waals surface area contributed by atoms with E-state index in [-0.39, 0.29) is 27.8 Å². The van der Waals surface area contributed by atoms with E-state index in [1.54, 1.807) is 24.3 Å². The molecule has 0 radical (unpaired) electrons. The van der Waals surface area contributed by atoms with E-state index in [1.165, 1.54) is 26.0 Å². The van der Waals surface area contributed by atoms with Crippen molar-refractivity contribution in [3.05, 3.63) is 74.8 Å². The van der Waals surface area contributed by atoms with E-state index >= 15 is 0 Å². The number of ketones is 1. The Morgan fingerprint density at radius 3 is 2.18 bits per heavy atom. The van der Waals surface area contributed by atoms with Crippen LogP contribution in [0.3, 0.4) is 0 Å². The third kappa shape index (κ3) is 5.49. The molecule has 8 nitrogen and oxygen atoms in total. The minimum atomic E-state index is -0.661. The Labute approximate surface area is 165 Å². The van der Waals surface area contributed by atoms with Gasteiger partial charge in [0.15, 0.2) is 5.78 Å². The highest BCUT2D eigenvalue weighted by molar-refractivity contribution is 6.32. The lowest BCUT2D eigenvalue weighted by molar-refractivity contribution is -0.384. The molecule has 0 saturated carbocycles. The maximum atomic E-state index is 12.2. The van der Waals surface area contributed by atoms with Crippen molar-refractivity contribution < 1.29 is 19.3 Å². The molecule has 2 amide bonds. The van der Waals surface area contributed by atoms with Gasteiger partial charge in [-0.1, -0.05) is 11.6 Å². The molecule has 0 heterocycles. The van der Waals surface area contributed by atoms with Crippen LogP contribution in [-0.2, 0) is 9.59 Å². The predicted octanol–water partition coefficient (Wildman–Crippen LogP) is 3.97. The smallest absolute Gasteiger partial charge is 0.289 e. The first-order chi connectivity index (χ1) is 13.2. The Morgan fingerprint density at radius 1 is 1.00 bits per heavy atom.